The van der Waals surface area contributed by atoms with E-state index in [0.29, 0.717) is 5.69 Å². The number of rotatable bonds is 15. The highest BCUT2D eigenvalue weighted by molar-refractivity contribution is 5.92. The summed E-state index contributed by atoms with van der Waals surface area (Å²) in [7, 11) is 0. The predicted octanol–water partition coefficient (Wildman–Crippen LogP) is -0.472. The van der Waals surface area contributed by atoms with Crippen molar-refractivity contribution in [1.29, 1.82) is 0 Å². The van der Waals surface area contributed by atoms with E-state index >= 15 is 0 Å². The average Bonchev–Trinajstić information content (AvgIpc) is 3.43. The third-order valence-electron chi connectivity index (χ3n) is 6.26. The zero-order valence-corrected chi connectivity index (χ0v) is 22.3. The molecule has 1 aromatic heterocycles. The topological polar surface area (TPSA) is 220 Å². The van der Waals surface area contributed by atoms with Gasteiger partial charge in [-0.2, -0.15) is 8.78 Å². The van der Waals surface area contributed by atoms with Crippen LogP contribution in [-0.4, -0.2) is 109 Å². The number of carbonyl (C=O) groups is 3. The molecule has 0 radical (unpaired) electrons. The van der Waals surface area contributed by atoms with Gasteiger partial charge in [-0.1, -0.05) is 5.21 Å². The molecule has 0 aliphatic carbocycles. The van der Waals surface area contributed by atoms with E-state index in [2.05, 4.69) is 15.0 Å². The van der Waals surface area contributed by atoms with Gasteiger partial charge in [0.2, 0.25) is 34.8 Å². The lowest BCUT2D eigenvalue weighted by Crippen LogP contribution is -2.59. The summed E-state index contributed by atoms with van der Waals surface area (Å²) in [5.74, 6) is -19.9. The van der Waals surface area contributed by atoms with E-state index in [1.165, 1.54) is 10.9 Å². The summed E-state index contributed by atoms with van der Waals surface area (Å²) in [5.41, 5.74) is 0.371. The molecule has 1 aromatic carbocycles. The molecular formula is C24H26F5N3O12. The SMILES string of the molecule is O=C(CCOCCn1cc(CCO[C@H]2O[C@H](CC(C(=O)O)C(=O)O)[C@@H](O)[C@H](O)[C@@H]2O)nn1)Oc1c(F)c(F)c(F)c(F)c1F. The number of aromatic nitrogens is 3. The summed E-state index contributed by atoms with van der Waals surface area (Å²) in [6.45, 7) is -0.453. The number of carbonyl (C=O) groups excluding carboxylic acids is 1. The molecule has 5 atom stereocenters. The molecule has 0 unspecified atom stereocenters. The second kappa shape index (κ2) is 15.3. The lowest BCUT2D eigenvalue weighted by molar-refractivity contribution is -0.298. The van der Waals surface area contributed by atoms with Gasteiger partial charge in [-0.25, -0.2) is 17.9 Å². The number of halogens is 5. The normalized spacial score (nSPS) is 21.9. The second-order valence-corrected chi connectivity index (χ2v) is 9.31. The minimum atomic E-state index is -2.40. The van der Waals surface area contributed by atoms with Crippen LogP contribution < -0.4 is 4.74 Å². The Hall–Kier alpha value is -3.82. The van der Waals surface area contributed by atoms with Gasteiger partial charge in [0.25, 0.3) is 0 Å². The highest BCUT2D eigenvalue weighted by Crippen LogP contribution is 2.29. The molecule has 15 nitrogen and oxygen atoms in total. The first-order chi connectivity index (χ1) is 20.7. The molecule has 20 heteroatoms. The Bertz CT molecular complexity index is 1310. The molecule has 1 aliphatic heterocycles. The van der Waals surface area contributed by atoms with E-state index in [1.807, 2.05) is 0 Å². The van der Waals surface area contributed by atoms with Gasteiger partial charge in [0.1, 0.15) is 18.3 Å². The summed E-state index contributed by atoms with van der Waals surface area (Å²) < 4.78 is 88.1. The molecule has 0 bridgehead atoms. The zero-order chi connectivity index (χ0) is 32.7. The van der Waals surface area contributed by atoms with Gasteiger partial charge >= 0.3 is 17.9 Å². The van der Waals surface area contributed by atoms with Crippen LogP contribution in [0.2, 0.25) is 0 Å². The van der Waals surface area contributed by atoms with Crippen molar-refractivity contribution in [2.75, 3.05) is 19.8 Å². The van der Waals surface area contributed by atoms with E-state index in [4.69, 9.17) is 24.4 Å². The number of carboxylic acid groups (broad SMARTS) is 2. The number of aliphatic carboxylic acids is 2. The average molecular weight is 643 g/mol. The van der Waals surface area contributed by atoms with Crippen molar-refractivity contribution in [3.63, 3.8) is 0 Å². The van der Waals surface area contributed by atoms with Crippen LogP contribution in [-0.2, 0) is 41.6 Å². The molecule has 1 aliphatic rings. The van der Waals surface area contributed by atoms with Crippen LogP contribution in [0.3, 0.4) is 0 Å². The molecule has 0 amide bonds. The summed E-state index contributed by atoms with van der Waals surface area (Å²) in [4.78, 5) is 34.1. The molecule has 244 valence electrons. The van der Waals surface area contributed by atoms with Crippen molar-refractivity contribution in [2.45, 2.75) is 56.5 Å². The molecule has 2 aromatic rings. The van der Waals surface area contributed by atoms with E-state index in [0.717, 1.165) is 0 Å². The molecular weight excluding hydrogens is 617 g/mol. The highest BCUT2D eigenvalue weighted by Gasteiger charge is 2.46. The standard InChI is InChI=1S/C24H26F5N3O12/c25-13-14(26)16(28)21(17(29)15(13)27)44-12(33)2-4-41-6-3-32-8-9(30-31-32)1-5-42-24-20(36)19(35)18(34)11(43-24)7-10(22(37)38)23(39)40/h8,10-11,18-20,24,34-36H,1-7H2,(H,37,38)(H,39,40)/t11-,18-,19+,20+,24+/m1/s1. The molecule has 44 heavy (non-hydrogen) atoms. The molecule has 0 spiro atoms. The molecule has 5 N–H and O–H groups in total. The Morgan fingerprint density at radius 1 is 0.886 bits per heavy atom. The number of ether oxygens (including phenoxy) is 4. The smallest absolute Gasteiger partial charge is 0.317 e. The van der Waals surface area contributed by atoms with Crippen LogP contribution in [0.4, 0.5) is 22.0 Å². The van der Waals surface area contributed by atoms with Gasteiger partial charge in [-0.05, 0) is 0 Å². The monoisotopic (exact) mass is 643 g/mol. The third-order valence-corrected chi connectivity index (χ3v) is 6.26. The predicted molar refractivity (Wildman–Crippen MR) is 127 cm³/mol. The van der Waals surface area contributed by atoms with Gasteiger partial charge < -0.3 is 44.5 Å². The number of carboxylic acids is 2. The molecule has 3 rings (SSSR count). The molecule has 1 saturated heterocycles. The maximum absolute atomic E-state index is 13.6. The van der Waals surface area contributed by atoms with Gasteiger partial charge in [0, 0.05) is 19.0 Å². The summed E-state index contributed by atoms with van der Waals surface area (Å²) in [6.07, 6.45) is -8.10. The maximum atomic E-state index is 13.6. The van der Waals surface area contributed by atoms with Crippen LogP contribution in [0.25, 0.3) is 0 Å². The van der Waals surface area contributed by atoms with Gasteiger partial charge in [-0.3, -0.25) is 14.4 Å². The number of hydrogen-bond donors (Lipinski definition) is 5. The fraction of sp³-hybridized carbons (Fsp3) is 0.542. The quantitative estimate of drug-likeness (QED) is 0.0315. The minimum absolute atomic E-state index is 0.0491. The number of nitrogens with zero attached hydrogens (tertiary/aromatic N) is 3. The van der Waals surface area contributed by atoms with Crippen molar-refractivity contribution in [3.05, 3.63) is 41.0 Å². The zero-order valence-electron chi connectivity index (χ0n) is 22.3. The Balaban J connectivity index is 1.40. The first-order valence-corrected chi connectivity index (χ1v) is 12.7. The second-order valence-electron chi connectivity index (χ2n) is 9.31. The molecule has 1 fully saturated rings. The number of benzene rings is 1. The maximum Gasteiger partial charge on any atom is 0.317 e. The summed E-state index contributed by atoms with van der Waals surface area (Å²) in [5, 5.41) is 56.1. The van der Waals surface area contributed by atoms with E-state index in [-0.39, 0.29) is 32.8 Å². The lowest BCUT2D eigenvalue weighted by Gasteiger charge is -2.40. The highest BCUT2D eigenvalue weighted by atomic mass is 19.2. The largest absolute Gasteiger partial charge is 0.481 e. The Labute approximate surface area is 243 Å². The van der Waals surface area contributed by atoms with Crippen molar-refractivity contribution in [2.24, 2.45) is 5.92 Å². The van der Waals surface area contributed by atoms with Crippen LogP contribution in [0.15, 0.2) is 6.20 Å². The van der Waals surface area contributed by atoms with Crippen molar-refractivity contribution in [1.82, 2.24) is 15.0 Å². The lowest BCUT2D eigenvalue weighted by atomic mass is 9.91. The number of esters is 1. The van der Waals surface area contributed by atoms with Crippen LogP contribution in [0.5, 0.6) is 5.75 Å². The Kier molecular flexibility index (Phi) is 12.0. The van der Waals surface area contributed by atoms with Crippen molar-refractivity contribution < 1.29 is 80.8 Å². The summed E-state index contributed by atoms with van der Waals surface area (Å²) in [6, 6.07) is 0. The number of aliphatic hydroxyl groups excluding tert-OH is 3. The first-order valence-electron chi connectivity index (χ1n) is 12.7. The van der Waals surface area contributed by atoms with Crippen LogP contribution >= 0.6 is 0 Å². The van der Waals surface area contributed by atoms with Crippen molar-refractivity contribution >= 4 is 17.9 Å². The van der Waals surface area contributed by atoms with E-state index < -0.39 is 102 Å². The number of hydrogen-bond acceptors (Lipinski definition) is 12. The van der Waals surface area contributed by atoms with Gasteiger partial charge in [-0.15, -0.1) is 5.10 Å². The van der Waals surface area contributed by atoms with Crippen molar-refractivity contribution in [3.8, 4) is 5.75 Å². The van der Waals surface area contributed by atoms with Crippen LogP contribution in [0.1, 0.15) is 18.5 Å². The van der Waals surface area contributed by atoms with E-state index in [9.17, 15) is 51.7 Å². The Morgan fingerprint density at radius 2 is 1.50 bits per heavy atom. The fourth-order valence-corrected chi connectivity index (χ4v) is 3.89. The summed E-state index contributed by atoms with van der Waals surface area (Å²) >= 11 is 0. The third kappa shape index (κ3) is 8.42. The van der Waals surface area contributed by atoms with Gasteiger partial charge in [0.05, 0.1) is 44.6 Å². The van der Waals surface area contributed by atoms with Gasteiger partial charge in [0.15, 0.2) is 12.2 Å². The Morgan fingerprint density at radius 3 is 2.11 bits per heavy atom. The first kappa shape index (κ1) is 34.7. The molecule has 0 saturated carbocycles. The number of aliphatic hydroxyl groups is 3. The minimum Gasteiger partial charge on any atom is -0.481 e. The fourth-order valence-electron chi connectivity index (χ4n) is 3.89. The molecule has 2 heterocycles. The van der Waals surface area contributed by atoms with Crippen LogP contribution in [0, 0.1) is 35.0 Å². The van der Waals surface area contributed by atoms with E-state index in [1.54, 1.807) is 0 Å².